The first-order valence-electron chi connectivity index (χ1n) is 34.8. The molecule has 4 rings (SSSR count). The van der Waals surface area contributed by atoms with Gasteiger partial charge in [0, 0.05) is 64.7 Å². The van der Waals surface area contributed by atoms with Crippen LogP contribution in [0.5, 0.6) is 0 Å². The zero-order chi connectivity index (χ0) is 75.6. The number of aromatic amines is 1. The lowest BCUT2D eigenvalue weighted by Crippen LogP contribution is -2.65. The number of amides is 11. The van der Waals surface area contributed by atoms with Gasteiger partial charge in [-0.3, -0.25) is 52.7 Å². The molecular formula is C72H114N14O14. The number of hydrogen-bond donors (Lipinski definition) is 11. The molecule has 0 unspecified atom stereocenters. The van der Waals surface area contributed by atoms with E-state index >= 15 is 19.2 Å². The number of nitrogens with one attached hydrogen (secondary N) is 9. The summed E-state index contributed by atoms with van der Waals surface area (Å²) in [4.78, 5) is 186. The molecule has 11 amide bonds. The van der Waals surface area contributed by atoms with Gasteiger partial charge >= 0.3 is 5.97 Å². The van der Waals surface area contributed by atoms with Gasteiger partial charge in [-0.1, -0.05) is 145 Å². The number of cyclic esters (lactones) is 1. The fourth-order valence-electron chi connectivity index (χ4n) is 12.3. The molecule has 2 heterocycles. The van der Waals surface area contributed by atoms with Crippen molar-refractivity contribution in [2.75, 3.05) is 41.8 Å². The van der Waals surface area contributed by atoms with E-state index in [1.807, 2.05) is 38.1 Å². The van der Waals surface area contributed by atoms with Gasteiger partial charge in [0.15, 0.2) is 0 Å². The number of fused-ring (bicyclic) bond motifs is 1. The lowest BCUT2D eigenvalue weighted by Gasteiger charge is -2.38. The number of likely N-dealkylation sites (N-methyl/N-ethyl adjacent to an activating group) is 5. The molecule has 14 atom stereocenters. The fraction of sp³-hybridized carbons (Fsp3) is 0.639. The van der Waals surface area contributed by atoms with Gasteiger partial charge < -0.3 is 82.7 Å². The van der Waals surface area contributed by atoms with E-state index < -0.39 is 192 Å². The molecule has 1 aromatic heterocycles. The molecule has 1 aliphatic heterocycles. The first-order chi connectivity index (χ1) is 46.7. The van der Waals surface area contributed by atoms with Crippen LogP contribution in [0, 0.1) is 41.4 Å². The number of benzene rings is 2. The average Bonchev–Trinajstić information content (AvgIpc) is 1.32. The SMILES string of the molecule is CN[C@H](C(=O)N[C@H](C(=O)N[C@@H]1C(=O)N(C)[C@@H]([C@@H](C)O)C(=O)N[C@@H](C(C)C)C(=O)N(C)[C@@H](CC(C)C)C(=O)N[C@@H](C(C)C)C(=O)N(C)[C@@H](CN)C(=O)N(C)[C@@H](Cc2c[nH]c3ccccc23)C(=O)N[C@@H](C(C)C)C(=O)N[C@@H](Cc2ccccc2)C(=O)N[C@@H](C(C)C)C(=O)O[C@@H]1C)C(C)C)C(C)C. The number of hydrogen-bond acceptors (Lipinski definition) is 16. The van der Waals surface area contributed by atoms with Crippen LogP contribution in [0.4, 0.5) is 0 Å². The van der Waals surface area contributed by atoms with Crippen LogP contribution in [0.1, 0.15) is 128 Å². The number of nitrogens with two attached hydrogens (primary N) is 1. The van der Waals surface area contributed by atoms with Crippen molar-refractivity contribution in [3.8, 4) is 0 Å². The van der Waals surface area contributed by atoms with Crippen LogP contribution in [0.3, 0.4) is 0 Å². The summed E-state index contributed by atoms with van der Waals surface area (Å²) in [6, 6.07) is -1.07. The normalized spacial score (nSPS) is 25.0. The standard InChI is InChI=1S/C72H114N14O14/c1-36(2)31-50-62(89)79-56(40(9)10)70(97)85(20)52(34-73)68(95)83(18)51(33-46-35-75-48-30-26-25-29-47(46)48)63(90)77-54(38(5)6)65(92)76-49(32-45-27-23-22-24-28-45)61(88)81-58(42(13)14)72(99)100-44(16)59(82-66(93)55(39(7)8)78-64(91)53(74-17)37(3)4)71(98)86(21)60(43(15)87)67(94)80-57(41(11)12)69(96)84(50)19/h22-30,35-44,49-60,74-75,87H,31-34,73H2,1-21H3,(H,76,92)(H,77,90)(H,78,91)(H,79,89)(H,80,94)(H,81,88)(H,82,93)/t43-,44-,49+,50+,51+,52+,53+,54+,55+,56+,57+,58+,59+,60+/m1/s1. The molecule has 1 aliphatic rings. The van der Waals surface area contributed by atoms with Crippen molar-refractivity contribution in [3.63, 3.8) is 0 Å². The summed E-state index contributed by atoms with van der Waals surface area (Å²) in [5.41, 5.74) is 8.33. The van der Waals surface area contributed by atoms with Gasteiger partial charge in [0.1, 0.15) is 72.6 Å². The molecule has 12 N–H and O–H groups in total. The van der Waals surface area contributed by atoms with Crippen molar-refractivity contribution in [1.82, 2.24) is 67.1 Å². The maximum Gasteiger partial charge on any atom is 0.329 e. The fourth-order valence-corrected chi connectivity index (χ4v) is 12.3. The Morgan fingerprint density at radius 2 is 1.03 bits per heavy atom. The Labute approximate surface area is 589 Å². The Morgan fingerprint density at radius 1 is 0.540 bits per heavy atom. The lowest BCUT2D eigenvalue weighted by molar-refractivity contribution is -0.160. The highest BCUT2D eigenvalue weighted by Gasteiger charge is 2.45. The minimum Gasteiger partial charge on any atom is -0.458 e. The van der Waals surface area contributed by atoms with E-state index in [-0.39, 0.29) is 31.1 Å². The molecule has 0 radical (unpaired) electrons. The van der Waals surface area contributed by atoms with Crippen LogP contribution in [0.15, 0.2) is 60.8 Å². The Bertz CT molecular complexity index is 3320. The second-order valence-electron chi connectivity index (χ2n) is 29.0. The summed E-state index contributed by atoms with van der Waals surface area (Å²) in [7, 11) is 6.83. The molecule has 1 saturated heterocycles. The number of carbonyl (C=O) groups is 12. The maximum atomic E-state index is 15.3. The van der Waals surface area contributed by atoms with Gasteiger partial charge in [0.05, 0.1) is 12.1 Å². The molecule has 100 heavy (non-hydrogen) atoms. The van der Waals surface area contributed by atoms with E-state index in [2.05, 4.69) is 47.5 Å². The smallest absolute Gasteiger partial charge is 0.329 e. The van der Waals surface area contributed by atoms with Crippen LogP contribution in [-0.2, 0) is 75.1 Å². The average molecular weight is 1400 g/mol. The number of nitrogens with zero attached hydrogens (tertiary/aromatic N) is 4. The molecule has 28 nitrogen and oxygen atoms in total. The number of aromatic nitrogens is 1. The Hall–Kier alpha value is -8.50. The molecule has 0 aliphatic carbocycles. The Morgan fingerprint density at radius 3 is 1.54 bits per heavy atom. The van der Waals surface area contributed by atoms with Gasteiger partial charge in [0.2, 0.25) is 65.0 Å². The monoisotopic (exact) mass is 1400 g/mol. The number of esters is 1. The third-order valence-electron chi connectivity index (χ3n) is 18.5. The maximum absolute atomic E-state index is 15.3. The quantitative estimate of drug-likeness (QED) is 0.0758. The topological polar surface area (TPSA) is 385 Å². The highest BCUT2D eigenvalue weighted by atomic mass is 16.5. The van der Waals surface area contributed by atoms with Gasteiger partial charge in [-0.25, -0.2) is 4.79 Å². The van der Waals surface area contributed by atoms with Crippen LogP contribution >= 0.6 is 0 Å². The van der Waals surface area contributed by atoms with Gasteiger partial charge in [-0.05, 0) is 85.9 Å². The van der Waals surface area contributed by atoms with E-state index in [1.165, 1.54) is 35.0 Å². The van der Waals surface area contributed by atoms with E-state index in [1.54, 1.807) is 127 Å². The highest BCUT2D eigenvalue weighted by Crippen LogP contribution is 2.24. The summed E-state index contributed by atoms with van der Waals surface area (Å²) in [5, 5.41) is 34.6. The van der Waals surface area contributed by atoms with Crippen molar-refractivity contribution in [2.24, 2.45) is 47.2 Å². The summed E-state index contributed by atoms with van der Waals surface area (Å²) in [6.45, 7) is 25.7. The molecule has 556 valence electrons. The molecular weight excluding hydrogens is 1280 g/mol. The van der Waals surface area contributed by atoms with Crippen LogP contribution in [0.25, 0.3) is 10.9 Å². The molecule has 0 saturated carbocycles. The lowest BCUT2D eigenvalue weighted by atomic mass is 9.96. The number of carbonyl (C=O) groups excluding carboxylic acids is 12. The van der Waals surface area contributed by atoms with Gasteiger partial charge in [0.25, 0.3) is 0 Å². The Kier molecular flexibility index (Phi) is 31.7. The zero-order valence-electron chi connectivity index (χ0n) is 62.3. The van der Waals surface area contributed by atoms with Crippen molar-refractivity contribution in [2.45, 2.75) is 215 Å². The predicted octanol–water partition coefficient (Wildman–Crippen LogP) is 1.51. The molecule has 28 heteroatoms. The van der Waals surface area contributed by atoms with E-state index in [0.717, 1.165) is 37.6 Å². The number of aliphatic hydroxyl groups excluding tert-OH is 1. The van der Waals surface area contributed by atoms with E-state index in [4.69, 9.17) is 10.5 Å². The van der Waals surface area contributed by atoms with Gasteiger partial charge in [-0.15, -0.1) is 0 Å². The minimum atomic E-state index is -1.90. The minimum absolute atomic E-state index is 0.0483. The van der Waals surface area contributed by atoms with Crippen LogP contribution < -0.4 is 48.3 Å². The van der Waals surface area contributed by atoms with E-state index in [0.29, 0.717) is 11.1 Å². The molecule has 0 bridgehead atoms. The van der Waals surface area contributed by atoms with Crippen LogP contribution in [-0.4, -0.2) is 227 Å². The van der Waals surface area contributed by atoms with Crippen molar-refractivity contribution in [1.29, 1.82) is 0 Å². The number of para-hydroxylation sites is 1. The molecule has 2 aromatic carbocycles. The first kappa shape index (κ1) is 83.9. The van der Waals surface area contributed by atoms with E-state index in [9.17, 15) is 43.5 Å². The first-order valence-corrected chi connectivity index (χ1v) is 34.8. The van der Waals surface area contributed by atoms with Crippen LogP contribution in [0.2, 0.25) is 0 Å². The van der Waals surface area contributed by atoms with Crippen molar-refractivity contribution < 1.29 is 67.4 Å². The largest absolute Gasteiger partial charge is 0.458 e. The third kappa shape index (κ3) is 21.8. The highest BCUT2D eigenvalue weighted by molar-refractivity contribution is 6.00. The summed E-state index contributed by atoms with van der Waals surface area (Å²) in [6.07, 6.45) is -1.87. The summed E-state index contributed by atoms with van der Waals surface area (Å²) < 4.78 is 6.08. The molecule has 0 spiro atoms. The van der Waals surface area contributed by atoms with Crippen molar-refractivity contribution >= 4 is 81.9 Å². The number of H-pyrrole nitrogens is 1. The summed E-state index contributed by atoms with van der Waals surface area (Å²) in [5.74, 6) is -14.1. The molecule has 3 aromatic rings. The van der Waals surface area contributed by atoms with Gasteiger partial charge in [-0.2, -0.15) is 0 Å². The second-order valence-corrected chi connectivity index (χ2v) is 29.0. The summed E-state index contributed by atoms with van der Waals surface area (Å²) >= 11 is 0. The number of aliphatic hydroxyl groups is 1. The second kappa shape index (κ2) is 37.8. The van der Waals surface area contributed by atoms with Crippen molar-refractivity contribution in [3.05, 3.63) is 71.9 Å². The number of ether oxygens (including phenoxy) is 1. The third-order valence-corrected chi connectivity index (χ3v) is 18.5. The number of rotatable bonds is 19. The Balaban J connectivity index is 2.01. The zero-order valence-corrected chi connectivity index (χ0v) is 62.3. The predicted molar refractivity (Wildman–Crippen MR) is 380 cm³/mol. The molecule has 1 fully saturated rings.